The van der Waals surface area contributed by atoms with E-state index in [4.69, 9.17) is 9.15 Å². The first-order valence-corrected chi connectivity index (χ1v) is 9.67. The number of anilines is 1. The maximum Gasteiger partial charge on any atom is 0.321 e. The highest BCUT2D eigenvalue weighted by molar-refractivity contribution is 5.90. The van der Waals surface area contributed by atoms with Crippen LogP contribution >= 0.6 is 0 Å². The molecule has 4 rings (SSSR count). The van der Waals surface area contributed by atoms with Crippen molar-refractivity contribution in [3.05, 3.63) is 36.9 Å². The molecule has 2 amide bonds. The van der Waals surface area contributed by atoms with Crippen LogP contribution in [0, 0.1) is 0 Å². The summed E-state index contributed by atoms with van der Waals surface area (Å²) in [4.78, 5) is 21.1. The summed E-state index contributed by atoms with van der Waals surface area (Å²) in [6.07, 6.45) is 6.53. The normalized spacial score (nSPS) is 21.2. The predicted octanol–water partition coefficient (Wildman–Crippen LogP) is 3.06. The molecule has 0 radical (unpaired) electrons. The second-order valence-electron chi connectivity index (χ2n) is 7.18. The third-order valence-corrected chi connectivity index (χ3v) is 5.13. The number of amides is 2. The summed E-state index contributed by atoms with van der Waals surface area (Å²) < 4.78 is 11.3. The zero-order chi connectivity index (χ0) is 18.5. The molecule has 0 spiro atoms. The van der Waals surface area contributed by atoms with Crippen molar-refractivity contribution in [2.24, 2.45) is 0 Å². The number of nitrogens with one attached hydrogen (secondary N) is 1. The first-order valence-electron chi connectivity index (χ1n) is 9.67. The standard InChI is InChI=1S/C20H26N4O3/c25-20(22-17-6-3-5-16(11-17)19-12-21-15-27-19)24-9-4-10-26-18(14-24)13-23-7-1-2-8-23/h3,5-6,11-12,15,18H,1-2,4,7-10,13-14H2,(H,22,25)/t18-/m1/s1. The number of nitrogens with zero attached hydrogens (tertiary/aromatic N) is 3. The van der Waals surface area contributed by atoms with Crippen LogP contribution in [0.4, 0.5) is 10.5 Å². The van der Waals surface area contributed by atoms with Crippen LogP contribution in [0.3, 0.4) is 0 Å². The molecule has 144 valence electrons. The lowest BCUT2D eigenvalue weighted by atomic mass is 10.1. The van der Waals surface area contributed by atoms with E-state index in [9.17, 15) is 4.79 Å². The molecule has 1 N–H and O–H groups in total. The van der Waals surface area contributed by atoms with Gasteiger partial charge in [-0.15, -0.1) is 0 Å². The van der Waals surface area contributed by atoms with Gasteiger partial charge in [-0.25, -0.2) is 9.78 Å². The molecule has 7 heteroatoms. The molecular weight excluding hydrogens is 344 g/mol. The number of carbonyl (C=O) groups is 1. The van der Waals surface area contributed by atoms with E-state index in [2.05, 4.69) is 15.2 Å². The first kappa shape index (κ1) is 18.0. The molecule has 2 fully saturated rings. The summed E-state index contributed by atoms with van der Waals surface area (Å²) in [6.45, 7) is 5.24. The van der Waals surface area contributed by atoms with E-state index in [0.717, 1.165) is 37.3 Å². The molecule has 1 atom stereocenters. The number of carbonyl (C=O) groups excluding carboxylic acids is 1. The number of benzene rings is 1. The van der Waals surface area contributed by atoms with Gasteiger partial charge in [0.1, 0.15) is 0 Å². The van der Waals surface area contributed by atoms with Crippen LogP contribution < -0.4 is 5.32 Å². The van der Waals surface area contributed by atoms with E-state index < -0.39 is 0 Å². The Morgan fingerprint density at radius 3 is 2.93 bits per heavy atom. The SMILES string of the molecule is O=C(Nc1cccc(-c2cnco2)c1)N1CCCO[C@H](CN2CCCC2)C1. The van der Waals surface area contributed by atoms with Crippen molar-refractivity contribution >= 4 is 11.7 Å². The number of rotatable bonds is 4. The highest BCUT2D eigenvalue weighted by Crippen LogP contribution is 2.22. The number of aromatic nitrogens is 1. The molecule has 2 aliphatic heterocycles. The zero-order valence-electron chi connectivity index (χ0n) is 15.5. The third kappa shape index (κ3) is 4.67. The van der Waals surface area contributed by atoms with Crippen molar-refractivity contribution in [3.63, 3.8) is 0 Å². The fraction of sp³-hybridized carbons (Fsp3) is 0.500. The number of likely N-dealkylation sites (tertiary alicyclic amines) is 1. The Kier molecular flexibility index (Phi) is 5.69. The van der Waals surface area contributed by atoms with E-state index in [-0.39, 0.29) is 12.1 Å². The van der Waals surface area contributed by atoms with Crippen molar-refractivity contribution in [2.45, 2.75) is 25.4 Å². The molecule has 7 nitrogen and oxygen atoms in total. The molecule has 0 saturated carbocycles. The van der Waals surface area contributed by atoms with Gasteiger partial charge in [-0.3, -0.25) is 0 Å². The van der Waals surface area contributed by atoms with Gasteiger partial charge in [0.05, 0.1) is 12.3 Å². The molecule has 1 aromatic carbocycles. The summed E-state index contributed by atoms with van der Waals surface area (Å²) >= 11 is 0. The highest BCUT2D eigenvalue weighted by atomic mass is 16.5. The monoisotopic (exact) mass is 370 g/mol. The van der Waals surface area contributed by atoms with Crippen molar-refractivity contribution in [1.29, 1.82) is 0 Å². The molecule has 3 heterocycles. The maximum absolute atomic E-state index is 12.8. The lowest BCUT2D eigenvalue weighted by molar-refractivity contribution is 0.0355. The van der Waals surface area contributed by atoms with Crippen LogP contribution in [0.15, 0.2) is 41.3 Å². The summed E-state index contributed by atoms with van der Waals surface area (Å²) in [6, 6.07) is 7.53. The molecule has 2 aliphatic rings. The average molecular weight is 370 g/mol. The third-order valence-electron chi connectivity index (χ3n) is 5.13. The van der Waals surface area contributed by atoms with Crippen LogP contribution in [-0.2, 0) is 4.74 Å². The van der Waals surface area contributed by atoms with Crippen LogP contribution in [0.5, 0.6) is 0 Å². The Morgan fingerprint density at radius 2 is 2.11 bits per heavy atom. The summed E-state index contributed by atoms with van der Waals surface area (Å²) in [5.41, 5.74) is 1.63. The molecule has 2 aromatic rings. The molecule has 2 saturated heterocycles. The Bertz CT molecular complexity index is 743. The van der Waals surface area contributed by atoms with Gasteiger partial charge in [0, 0.05) is 37.5 Å². The second-order valence-corrected chi connectivity index (χ2v) is 7.18. The Labute approximate surface area is 159 Å². The second kappa shape index (κ2) is 8.54. The lowest BCUT2D eigenvalue weighted by Gasteiger charge is -2.27. The van der Waals surface area contributed by atoms with Gasteiger partial charge in [0.25, 0.3) is 0 Å². The number of urea groups is 1. The number of hydrogen-bond acceptors (Lipinski definition) is 5. The smallest absolute Gasteiger partial charge is 0.321 e. The fourth-order valence-corrected chi connectivity index (χ4v) is 3.75. The summed E-state index contributed by atoms with van der Waals surface area (Å²) in [5.74, 6) is 0.681. The maximum atomic E-state index is 12.8. The van der Waals surface area contributed by atoms with Gasteiger partial charge < -0.3 is 24.3 Å². The van der Waals surface area contributed by atoms with Gasteiger partial charge in [-0.05, 0) is 44.5 Å². The van der Waals surface area contributed by atoms with Crippen molar-refractivity contribution < 1.29 is 13.9 Å². The lowest BCUT2D eigenvalue weighted by Crippen LogP contribution is -2.43. The van der Waals surface area contributed by atoms with Crippen molar-refractivity contribution in [2.75, 3.05) is 44.6 Å². The highest BCUT2D eigenvalue weighted by Gasteiger charge is 2.25. The van der Waals surface area contributed by atoms with E-state index in [1.54, 1.807) is 6.20 Å². The molecule has 27 heavy (non-hydrogen) atoms. The topological polar surface area (TPSA) is 70.8 Å². The molecule has 0 bridgehead atoms. The minimum atomic E-state index is -0.0818. The molecular formula is C20H26N4O3. The summed E-state index contributed by atoms with van der Waals surface area (Å²) in [5, 5.41) is 3.01. The first-order chi connectivity index (χ1) is 13.3. The van der Waals surface area contributed by atoms with Gasteiger partial charge >= 0.3 is 6.03 Å². The van der Waals surface area contributed by atoms with Crippen molar-refractivity contribution in [3.8, 4) is 11.3 Å². The van der Waals surface area contributed by atoms with E-state index in [0.29, 0.717) is 25.5 Å². The molecule has 1 aromatic heterocycles. The number of ether oxygens (including phenoxy) is 1. The predicted molar refractivity (Wildman–Crippen MR) is 103 cm³/mol. The van der Waals surface area contributed by atoms with Gasteiger partial charge in [0.15, 0.2) is 12.2 Å². The van der Waals surface area contributed by atoms with Gasteiger partial charge in [-0.2, -0.15) is 0 Å². The zero-order valence-corrected chi connectivity index (χ0v) is 15.5. The Morgan fingerprint density at radius 1 is 1.22 bits per heavy atom. The Hall–Kier alpha value is -2.38. The number of oxazole rings is 1. The summed E-state index contributed by atoms with van der Waals surface area (Å²) in [7, 11) is 0. The Balaban J connectivity index is 1.38. The fourth-order valence-electron chi connectivity index (χ4n) is 3.75. The average Bonchev–Trinajstić information content (AvgIpc) is 3.34. The van der Waals surface area contributed by atoms with Crippen LogP contribution in [0.1, 0.15) is 19.3 Å². The largest absolute Gasteiger partial charge is 0.444 e. The van der Waals surface area contributed by atoms with E-state index >= 15 is 0 Å². The number of hydrogen-bond donors (Lipinski definition) is 1. The van der Waals surface area contributed by atoms with Crippen LogP contribution in [0.25, 0.3) is 11.3 Å². The molecule has 0 unspecified atom stereocenters. The van der Waals surface area contributed by atoms with Crippen molar-refractivity contribution in [1.82, 2.24) is 14.8 Å². The quantitative estimate of drug-likeness (QED) is 0.896. The van der Waals surface area contributed by atoms with Crippen LogP contribution in [-0.4, -0.2) is 66.2 Å². The minimum Gasteiger partial charge on any atom is -0.444 e. The van der Waals surface area contributed by atoms with E-state index in [1.807, 2.05) is 29.2 Å². The van der Waals surface area contributed by atoms with Gasteiger partial charge in [0.2, 0.25) is 0 Å². The molecule has 0 aliphatic carbocycles. The van der Waals surface area contributed by atoms with Crippen LogP contribution in [0.2, 0.25) is 0 Å². The van der Waals surface area contributed by atoms with E-state index in [1.165, 1.54) is 19.2 Å². The minimum absolute atomic E-state index is 0.0804. The van der Waals surface area contributed by atoms with Gasteiger partial charge in [-0.1, -0.05) is 12.1 Å².